The van der Waals surface area contributed by atoms with E-state index in [2.05, 4.69) is 10.4 Å². The van der Waals surface area contributed by atoms with E-state index in [0.29, 0.717) is 15.8 Å². The SMILES string of the molecule is NNc1cc([N+](=O)[O-])cc(SCc2ccc(Cl)cc2)n1. The van der Waals surface area contributed by atoms with E-state index in [1.807, 2.05) is 12.1 Å². The van der Waals surface area contributed by atoms with Crippen molar-refractivity contribution in [3.63, 3.8) is 0 Å². The predicted molar refractivity (Wildman–Crippen MR) is 79.7 cm³/mol. The molecule has 0 amide bonds. The molecular weight excluding hydrogens is 300 g/mol. The zero-order valence-corrected chi connectivity index (χ0v) is 11.8. The molecule has 104 valence electrons. The summed E-state index contributed by atoms with van der Waals surface area (Å²) in [6, 6.07) is 10.1. The molecule has 0 unspecified atom stereocenters. The van der Waals surface area contributed by atoms with E-state index in [1.165, 1.54) is 23.9 Å². The molecule has 0 saturated carbocycles. The molecule has 20 heavy (non-hydrogen) atoms. The van der Waals surface area contributed by atoms with E-state index in [9.17, 15) is 10.1 Å². The Balaban J connectivity index is 2.14. The third-order valence-corrected chi connectivity index (χ3v) is 3.68. The number of thioether (sulfide) groups is 1. The van der Waals surface area contributed by atoms with Crippen LogP contribution in [0.4, 0.5) is 11.5 Å². The van der Waals surface area contributed by atoms with Gasteiger partial charge in [-0.05, 0) is 17.7 Å². The normalized spacial score (nSPS) is 10.3. The third kappa shape index (κ3) is 3.83. The minimum Gasteiger partial charge on any atom is -0.308 e. The number of benzene rings is 1. The summed E-state index contributed by atoms with van der Waals surface area (Å²) in [5, 5.41) is 12.0. The van der Waals surface area contributed by atoms with Gasteiger partial charge in [0.1, 0.15) is 10.8 Å². The van der Waals surface area contributed by atoms with Crippen molar-refractivity contribution in [3.05, 3.63) is 57.1 Å². The second-order valence-electron chi connectivity index (χ2n) is 3.87. The number of hydrazine groups is 1. The lowest BCUT2D eigenvalue weighted by atomic mass is 10.2. The first kappa shape index (κ1) is 14.6. The molecule has 8 heteroatoms. The number of pyridine rings is 1. The maximum absolute atomic E-state index is 10.8. The van der Waals surface area contributed by atoms with Crippen molar-refractivity contribution in [2.24, 2.45) is 5.84 Å². The summed E-state index contributed by atoms with van der Waals surface area (Å²) >= 11 is 7.19. The van der Waals surface area contributed by atoms with Gasteiger partial charge in [0.05, 0.1) is 11.0 Å². The van der Waals surface area contributed by atoms with Crippen LogP contribution in [0.5, 0.6) is 0 Å². The molecule has 0 aliphatic heterocycles. The molecule has 0 aliphatic rings. The fraction of sp³-hybridized carbons (Fsp3) is 0.0833. The van der Waals surface area contributed by atoms with Crippen LogP contribution in [0, 0.1) is 10.1 Å². The van der Waals surface area contributed by atoms with E-state index in [1.54, 1.807) is 12.1 Å². The van der Waals surface area contributed by atoms with Crippen molar-refractivity contribution >= 4 is 34.9 Å². The Bertz CT molecular complexity index is 621. The van der Waals surface area contributed by atoms with E-state index in [4.69, 9.17) is 17.4 Å². The topological polar surface area (TPSA) is 94.1 Å². The standard InChI is InChI=1S/C12H11ClN4O2S/c13-9-3-1-8(2-4-9)7-20-12-6-10(17(18)19)5-11(15-12)16-14/h1-6H,7,14H2,(H,15,16). The number of anilines is 1. The molecule has 1 aromatic heterocycles. The molecule has 0 atom stereocenters. The van der Waals surface area contributed by atoms with Gasteiger partial charge in [0.2, 0.25) is 0 Å². The van der Waals surface area contributed by atoms with Crippen molar-refractivity contribution in [1.82, 2.24) is 4.98 Å². The largest absolute Gasteiger partial charge is 0.308 e. The average Bonchev–Trinajstić information content (AvgIpc) is 2.46. The summed E-state index contributed by atoms with van der Waals surface area (Å²) < 4.78 is 0. The van der Waals surface area contributed by atoms with Gasteiger partial charge >= 0.3 is 0 Å². The van der Waals surface area contributed by atoms with Crippen LogP contribution in [0.2, 0.25) is 5.02 Å². The van der Waals surface area contributed by atoms with E-state index in [0.717, 1.165) is 5.56 Å². The number of nitro groups is 1. The Labute approximate surface area is 124 Å². The predicted octanol–water partition coefficient (Wildman–Crippen LogP) is 3.22. The van der Waals surface area contributed by atoms with Crippen molar-refractivity contribution in [3.8, 4) is 0 Å². The molecule has 0 radical (unpaired) electrons. The lowest BCUT2D eigenvalue weighted by molar-refractivity contribution is -0.385. The molecule has 6 nitrogen and oxygen atoms in total. The van der Waals surface area contributed by atoms with Crippen LogP contribution in [0.3, 0.4) is 0 Å². The second-order valence-corrected chi connectivity index (χ2v) is 5.30. The van der Waals surface area contributed by atoms with Crippen molar-refractivity contribution in [2.45, 2.75) is 10.8 Å². The highest BCUT2D eigenvalue weighted by Gasteiger charge is 2.11. The fourth-order valence-electron chi connectivity index (χ4n) is 1.48. The Hall–Kier alpha value is -1.83. The molecule has 0 bridgehead atoms. The number of rotatable bonds is 5. The molecule has 1 aromatic carbocycles. The molecule has 1 heterocycles. The summed E-state index contributed by atoms with van der Waals surface area (Å²) in [4.78, 5) is 14.5. The van der Waals surface area contributed by atoms with Crippen LogP contribution >= 0.6 is 23.4 Å². The van der Waals surface area contributed by atoms with Crippen LogP contribution in [0.1, 0.15) is 5.56 Å². The quantitative estimate of drug-likeness (QED) is 0.381. The lowest BCUT2D eigenvalue weighted by Crippen LogP contribution is -2.09. The van der Waals surface area contributed by atoms with Crippen LogP contribution in [0.15, 0.2) is 41.4 Å². The summed E-state index contributed by atoms with van der Waals surface area (Å²) in [5.41, 5.74) is 3.32. The summed E-state index contributed by atoms with van der Waals surface area (Å²) in [7, 11) is 0. The minimum atomic E-state index is -0.477. The van der Waals surface area contributed by atoms with E-state index in [-0.39, 0.29) is 11.5 Å². The molecular formula is C12H11ClN4O2S. The van der Waals surface area contributed by atoms with Crippen LogP contribution in [-0.4, -0.2) is 9.91 Å². The Morgan fingerprint density at radius 1 is 1.35 bits per heavy atom. The maximum atomic E-state index is 10.8. The van der Waals surface area contributed by atoms with E-state index >= 15 is 0 Å². The Morgan fingerprint density at radius 3 is 2.65 bits per heavy atom. The van der Waals surface area contributed by atoms with Gasteiger partial charge in [-0.15, -0.1) is 11.8 Å². The highest BCUT2D eigenvalue weighted by Crippen LogP contribution is 2.27. The number of nitrogens with one attached hydrogen (secondary N) is 1. The van der Waals surface area contributed by atoms with Gasteiger partial charge in [-0.2, -0.15) is 0 Å². The van der Waals surface area contributed by atoms with Gasteiger partial charge in [-0.3, -0.25) is 10.1 Å². The number of nitrogen functional groups attached to an aromatic ring is 1. The van der Waals surface area contributed by atoms with Gasteiger partial charge < -0.3 is 5.43 Å². The smallest absolute Gasteiger partial charge is 0.275 e. The summed E-state index contributed by atoms with van der Waals surface area (Å²) in [6.45, 7) is 0. The number of nitrogens with two attached hydrogens (primary N) is 1. The van der Waals surface area contributed by atoms with Crippen molar-refractivity contribution < 1.29 is 4.92 Å². The first-order chi connectivity index (χ1) is 9.58. The van der Waals surface area contributed by atoms with Gasteiger partial charge in [-0.25, -0.2) is 10.8 Å². The summed E-state index contributed by atoms with van der Waals surface area (Å²) in [6.07, 6.45) is 0. The van der Waals surface area contributed by atoms with Crippen LogP contribution in [0.25, 0.3) is 0 Å². The lowest BCUT2D eigenvalue weighted by Gasteiger charge is -2.04. The molecule has 0 fully saturated rings. The van der Waals surface area contributed by atoms with Crippen LogP contribution in [-0.2, 0) is 5.75 Å². The van der Waals surface area contributed by atoms with Gasteiger partial charge in [-0.1, -0.05) is 23.7 Å². The van der Waals surface area contributed by atoms with Crippen molar-refractivity contribution in [1.29, 1.82) is 0 Å². The zero-order valence-electron chi connectivity index (χ0n) is 10.2. The number of aromatic nitrogens is 1. The average molecular weight is 311 g/mol. The Morgan fingerprint density at radius 2 is 2.05 bits per heavy atom. The van der Waals surface area contributed by atoms with E-state index < -0.39 is 4.92 Å². The molecule has 2 rings (SSSR count). The highest BCUT2D eigenvalue weighted by molar-refractivity contribution is 7.98. The van der Waals surface area contributed by atoms with Gasteiger partial charge in [0.15, 0.2) is 0 Å². The number of hydrogen-bond donors (Lipinski definition) is 2. The number of nitrogens with zero attached hydrogens (tertiary/aromatic N) is 2. The maximum Gasteiger partial charge on any atom is 0.275 e. The number of hydrogen-bond acceptors (Lipinski definition) is 6. The monoisotopic (exact) mass is 310 g/mol. The first-order valence-corrected chi connectivity index (χ1v) is 6.95. The Kier molecular flexibility index (Phi) is 4.78. The first-order valence-electron chi connectivity index (χ1n) is 5.59. The molecule has 2 aromatic rings. The zero-order chi connectivity index (χ0) is 14.5. The van der Waals surface area contributed by atoms with Gasteiger partial charge in [0, 0.05) is 16.8 Å². The second kappa shape index (κ2) is 6.56. The number of halogens is 1. The van der Waals surface area contributed by atoms with Crippen LogP contribution < -0.4 is 11.3 Å². The molecule has 0 saturated heterocycles. The third-order valence-electron chi connectivity index (χ3n) is 2.45. The molecule has 0 spiro atoms. The van der Waals surface area contributed by atoms with Crippen molar-refractivity contribution in [2.75, 3.05) is 5.43 Å². The molecule has 3 N–H and O–H groups in total. The van der Waals surface area contributed by atoms with Gasteiger partial charge in [0.25, 0.3) is 5.69 Å². The molecule has 0 aliphatic carbocycles. The highest BCUT2D eigenvalue weighted by atomic mass is 35.5. The summed E-state index contributed by atoms with van der Waals surface area (Å²) in [5.74, 6) is 6.15. The minimum absolute atomic E-state index is 0.0495. The fourth-order valence-corrected chi connectivity index (χ4v) is 2.48.